The molecule has 0 bridgehead atoms. The van der Waals surface area contributed by atoms with Crippen LogP contribution < -0.4 is 10.1 Å². The summed E-state index contributed by atoms with van der Waals surface area (Å²) in [5.74, 6) is -0.125. The van der Waals surface area contributed by atoms with Gasteiger partial charge in [-0.3, -0.25) is 0 Å². The van der Waals surface area contributed by atoms with Crippen molar-refractivity contribution in [2.45, 2.75) is 0 Å². The van der Waals surface area contributed by atoms with E-state index in [4.69, 9.17) is 4.74 Å². The number of anilines is 1. The Hall–Kier alpha value is -2.08. The number of aromatic nitrogens is 1. The van der Waals surface area contributed by atoms with Crippen molar-refractivity contribution in [3.8, 4) is 16.9 Å². The van der Waals surface area contributed by atoms with Crippen molar-refractivity contribution in [2.75, 3.05) is 19.5 Å². The first-order chi connectivity index (χ1) is 9.58. The SMILES string of the molecule is CNc1nccc(-c2cc(Br)ccc2OC)c1C(=O)O. The van der Waals surface area contributed by atoms with E-state index in [2.05, 4.69) is 26.2 Å². The van der Waals surface area contributed by atoms with Gasteiger partial charge >= 0.3 is 5.97 Å². The molecule has 1 heterocycles. The summed E-state index contributed by atoms with van der Waals surface area (Å²) in [6, 6.07) is 7.10. The number of carboxylic acid groups (broad SMARTS) is 1. The van der Waals surface area contributed by atoms with E-state index in [0.29, 0.717) is 22.7 Å². The maximum atomic E-state index is 11.5. The molecule has 0 atom stereocenters. The van der Waals surface area contributed by atoms with E-state index in [1.807, 2.05) is 12.1 Å². The van der Waals surface area contributed by atoms with Crippen LogP contribution in [0.25, 0.3) is 11.1 Å². The Bertz CT molecular complexity index is 659. The summed E-state index contributed by atoms with van der Waals surface area (Å²) in [4.78, 5) is 15.6. The minimum atomic E-state index is -1.04. The molecule has 0 spiro atoms. The molecule has 0 aliphatic heterocycles. The summed E-state index contributed by atoms with van der Waals surface area (Å²) in [7, 11) is 3.18. The molecule has 104 valence electrons. The van der Waals surface area contributed by atoms with E-state index in [1.165, 1.54) is 0 Å². The summed E-state index contributed by atoms with van der Waals surface area (Å²) in [6.45, 7) is 0. The lowest BCUT2D eigenvalue weighted by atomic mass is 10.00. The summed E-state index contributed by atoms with van der Waals surface area (Å²) in [5, 5.41) is 12.2. The number of rotatable bonds is 4. The quantitative estimate of drug-likeness (QED) is 0.896. The van der Waals surface area contributed by atoms with E-state index in [-0.39, 0.29) is 5.56 Å². The van der Waals surface area contributed by atoms with Gasteiger partial charge in [0, 0.05) is 28.8 Å². The van der Waals surface area contributed by atoms with Crippen molar-refractivity contribution in [2.24, 2.45) is 0 Å². The summed E-state index contributed by atoms with van der Waals surface area (Å²) < 4.78 is 6.15. The molecule has 6 heteroatoms. The second-order valence-electron chi connectivity index (χ2n) is 3.98. The van der Waals surface area contributed by atoms with Gasteiger partial charge in [0.2, 0.25) is 0 Å². The van der Waals surface area contributed by atoms with Crippen LogP contribution in [0.5, 0.6) is 5.75 Å². The molecule has 2 rings (SSSR count). The van der Waals surface area contributed by atoms with E-state index in [1.54, 1.807) is 32.5 Å². The van der Waals surface area contributed by atoms with Crippen LogP contribution in [-0.4, -0.2) is 30.2 Å². The summed E-state index contributed by atoms with van der Waals surface area (Å²) in [5.41, 5.74) is 1.36. The van der Waals surface area contributed by atoms with Crippen LogP contribution in [0.1, 0.15) is 10.4 Å². The van der Waals surface area contributed by atoms with Crippen LogP contribution >= 0.6 is 15.9 Å². The van der Waals surface area contributed by atoms with Crippen LogP contribution in [0.3, 0.4) is 0 Å². The Kier molecular flexibility index (Phi) is 4.24. The summed E-state index contributed by atoms with van der Waals surface area (Å²) in [6.07, 6.45) is 1.56. The second kappa shape index (κ2) is 5.92. The number of carbonyl (C=O) groups is 1. The smallest absolute Gasteiger partial charge is 0.340 e. The predicted octanol–water partition coefficient (Wildman–Crippen LogP) is 3.26. The van der Waals surface area contributed by atoms with E-state index >= 15 is 0 Å². The Labute approximate surface area is 124 Å². The average molecular weight is 337 g/mol. The molecule has 0 radical (unpaired) electrons. The third-order valence-electron chi connectivity index (χ3n) is 2.85. The molecule has 1 aromatic heterocycles. The van der Waals surface area contributed by atoms with Crippen LogP contribution in [0, 0.1) is 0 Å². The van der Waals surface area contributed by atoms with E-state index < -0.39 is 5.97 Å². The predicted molar refractivity (Wildman–Crippen MR) is 80.4 cm³/mol. The number of methoxy groups -OCH3 is 1. The van der Waals surface area contributed by atoms with Crippen molar-refractivity contribution < 1.29 is 14.6 Å². The topological polar surface area (TPSA) is 71.5 Å². The van der Waals surface area contributed by atoms with Gasteiger partial charge in [-0.15, -0.1) is 0 Å². The van der Waals surface area contributed by atoms with Gasteiger partial charge in [-0.2, -0.15) is 0 Å². The van der Waals surface area contributed by atoms with Gasteiger partial charge in [0.05, 0.1) is 7.11 Å². The normalized spacial score (nSPS) is 10.2. The van der Waals surface area contributed by atoms with Crippen LogP contribution in [0.15, 0.2) is 34.9 Å². The molecular weight excluding hydrogens is 324 g/mol. The highest BCUT2D eigenvalue weighted by molar-refractivity contribution is 9.10. The van der Waals surface area contributed by atoms with Gasteiger partial charge in [-0.1, -0.05) is 15.9 Å². The van der Waals surface area contributed by atoms with Gasteiger partial charge in [0.25, 0.3) is 0 Å². The van der Waals surface area contributed by atoms with Crippen LogP contribution in [-0.2, 0) is 0 Å². The molecule has 0 saturated heterocycles. The Morgan fingerprint density at radius 3 is 2.70 bits per heavy atom. The minimum Gasteiger partial charge on any atom is -0.496 e. The summed E-state index contributed by atoms with van der Waals surface area (Å²) >= 11 is 3.39. The number of nitrogens with zero attached hydrogens (tertiary/aromatic N) is 1. The van der Waals surface area contributed by atoms with E-state index in [0.717, 1.165) is 4.47 Å². The van der Waals surface area contributed by atoms with Crippen LogP contribution in [0.4, 0.5) is 5.82 Å². The van der Waals surface area contributed by atoms with Gasteiger partial charge in [-0.25, -0.2) is 9.78 Å². The van der Waals surface area contributed by atoms with Gasteiger partial charge < -0.3 is 15.2 Å². The molecule has 20 heavy (non-hydrogen) atoms. The van der Waals surface area contributed by atoms with Crippen molar-refractivity contribution in [1.82, 2.24) is 4.98 Å². The van der Waals surface area contributed by atoms with Gasteiger partial charge in [-0.05, 0) is 24.3 Å². The monoisotopic (exact) mass is 336 g/mol. The first kappa shape index (κ1) is 14.3. The number of hydrogen-bond acceptors (Lipinski definition) is 4. The highest BCUT2D eigenvalue weighted by Gasteiger charge is 2.19. The Balaban J connectivity index is 2.75. The lowest BCUT2D eigenvalue weighted by Gasteiger charge is -2.13. The molecule has 1 aromatic carbocycles. The largest absolute Gasteiger partial charge is 0.496 e. The Morgan fingerprint density at radius 1 is 1.35 bits per heavy atom. The fraction of sp³-hybridized carbons (Fsp3) is 0.143. The minimum absolute atomic E-state index is 0.117. The lowest BCUT2D eigenvalue weighted by Crippen LogP contribution is -2.07. The zero-order chi connectivity index (χ0) is 14.7. The van der Waals surface area contributed by atoms with Crippen molar-refractivity contribution >= 4 is 27.7 Å². The molecule has 0 amide bonds. The number of ether oxygens (including phenoxy) is 1. The fourth-order valence-corrected chi connectivity index (χ4v) is 2.34. The maximum Gasteiger partial charge on any atom is 0.340 e. The molecule has 0 aliphatic carbocycles. The Morgan fingerprint density at radius 2 is 2.10 bits per heavy atom. The zero-order valence-electron chi connectivity index (χ0n) is 11.0. The van der Waals surface area contributed by atoms with Gasteiger partial charge in [0.15, 0.2) is 0 Å². The van der Waals surface area contributed by atoms with Crippen molar-refractivity contribution in [3.63, 3.8) is 0 Å². The molecule has 0 fully saturated rings. The highest BCUT2D eigenvalue weighted by atomic mass is 79.9. The number of aromatic carboxylic acids is 1. The number of hydrogen-bond donors (Lipinski definition) is 2. The highest BCUT2D eigenvalue weighted by Crippen LogP contribution is 2.36. The number of pyridine rings is 1. The van der Waals surface area contributed by atoms with Crippen LogP contribution in [0.2, 0.25) is 0 Å². The third-order valence-corrected chi connectivity index (χ3v) is 3.35. The first-order valence-electron chi connectivity index (χ1n) is 5.82. The van der Waals surface area contributed by atoms with E-state index in [9.17, 15) is 9.90 Å². The average Bonchev–Trinajstić information content (AvgIpc) is 2.46. The standard InChI is InChI=1S/C14H13BrN2O3/c1-16-13-12(14(18)19)9(5-6-17-13)10-7-8(15)3-4-11(10)20-2/h3-7H,1-2H3,(H,16,17)(H,18,19). The number of benzene rings is 1. The van der Waals surface area contributed by atoms with Crippen molar-refractivity contribution in [3.05, 3.63) is 40.5 Å². The number of carboxylic acids is 1. The molecule has 2 N–H and O–H groups in total. The first-order valence-corrected chi connectivity index (χ1v) is 6.61. The van der Waals surface area contributed by atoms with Crippen molar-refractivity contribution in [1.29, 1.82) is 0 Å². The molecular formula is C14H13BrN2O3. The molecule has 2 aromatic rings. The zero-order valence-corrected chi connectivity index (χ0v) is 12.6. The lowest BCUT2D eigenvalue weighted by molar-refractivity contribution is 0.0698. The second-order valence-corrected chi connectivity index (χ2v) is 4.90. The molecule has 0 unspecified atom stereocenters. The maximum absolute atomic E-state index is 11.5. The molecule has 5 nitrogen and oxygen atoms in total. The van der Waals surface area contributed by atoms with Gasteiger partial charge in [0.1, 0.15) is 17.1 Å². The molecule has 0 aliphatic rings. The number of halogens is 1. The third kappa shape index (κ3) is 2.60. The molecule has 0 saturated carbocycles. The number of nitrogens with one attached hydrogen (secondary N) is 1. The fourth-order valence-electron chi connectivity index (χ4n) is 1.98.